The molecule has 17 heavy (non-hydrogen) atoms. The lowest BCUT2D eigenvalue weighted by Gasteiger charge is -2.13. The van der Waals surface area contributed by atoms with Gasteiger partial charge in [0, 0.05) is 12.2 Å². The molecule has 0 spiro atoms. The van der Waals surface area contributed by atoms with Crippen molar-refractivity contribution in [1.82, 2.24) is 0 Å². The highest BCUT2D eigenvalue weighted by Crippen LogP contribution is 2.22. The molecular weight excluding hydrogens is 206 g/mol. The summed E-state index contributed by atoms with van der Waals surface area (Å²) in [4.78, 5) is 0. The minimum Gasteiger partial charge on any atom is -0.381 e. The van der Waals surface area contributed by atoms with E-state index in [2.05, 4.69) is 62.5 Å². The Morgan fingerprint density at radius 3 is 2.06 bits per heavy atom. The Labute approximate surface area is 103 Å². The number of aryl methyl sites for hydroxylation is 3. The van der Waals surface area contributed by atoms with Gasteiger partial charge in [-0.2, -0.15) is 0 Å². The second kappa shape index (κ2) is 5.05. The molecule has 0 saturated carbocycles. The third-order valence-electron chi connectivity index (χ3n) is 2.99. The second-order valence-corrected chi connectivity index (χ2v) is 4.61. The van der Waals surface area contributed by atoms with E-state index in [1.165, 1.54) is 27.9 Å². The molecule has 0 atom stereocenters. The number of hydrogen-bond donors (Lipinski definition) is 1. The van der Waals surface area contributed by atoms with Crippen LogP contribution in [0.1, 0.15) is 22.3 Å². The van der Waals surface area contributed by atoms with Crippen LogP contribution < -0.4 is 5.32 Å². The van der Waals surface area contributed by atoms with E-state index >= 15 is 0 Å². The fourth-order valence-electron chi connectivity index (χ4n) is 2.25. The molecule has 0 aromatic heterocycles. The minimum atomic E-state index is 0.881. The van der Waals surface area contributed by atoms with Gasteiger partial charge in [-0.3, -0.25) is 0 Å². The first-order valence-electron chi connectivity index (χ1n) is 6.02. The number of nitrogens with one attached hydrogen (secondary N) is 1. The van der Waals surface area contributed by atoms with Crippen LogP contribution in [0.25, 0.3) is 0 Å². The summed E-state index contributed by atoms with van der Waals surface area (Å²) >= 11 is 0. The van der Waals surface area contributed by atoms with Crippen molar-refractivity contribution >= 4 is 5.69 Å². The lowest BCUT2D eigenvalue weighted by molar-refractivity contribution is 1.13. The van der Waals surface area contributed by atoms with Gasteiger partial charge in [0.05, 0.1) is 0 Å². The molecule has 0 radical (unpaired) electrons. The van der Waals surface area contributed by atoms with Gasteiger partial charge in [0.15, 0.2) is 0 Å². The summed E-state index contributed by atoms with van der Waals surface area (Å²) in [6.07, 6.45) is 0. The van der Waals surface area contributed by atoms with E-state index in [0.717, 1.165) is 6.54 Å². The van der Waals surface area contributed by atoms with Gasteiger partial charge >= 0.3 is 0 Å². The van der Waals surface area contributed by atoms with Gasteiger partial charge in [0.25, 0.3) is 0 Å². The average molecular weight is 225 g/mol. The smallest absolute Gasteiger partial charge is 0.0402 e. The zero-order valence-corrected chi connectivity index (χ0v) is 10.7. The zero-order valence-electron chi connectivity index (χ0n) is 10.7. The number of anilines is 1. The summed E-state index contributed by atoms with van der Waals surface area (Å²) in [6, 6.07) is 14.9. The van der Waals surface area contributed by atoms with Crippen LogP contribution in [-0.2, 0) is 6.54 Å². The van der Waals surface area contributed by atoms with Crippen LogP contribution in [0.5, 0.6) is 0 Å². The third-order valence-corrected chi connectivity index (χ3v) is 2.99. The largest absolute Gasteiger partial charge is 0.381 e. The monoisotopic (exact) mass is 225 g/mol. The van der Waals surface area contributed by atoms with Gasteiger partial charge in [-0.25, -0.2) is 0 Å². The molecule has 0 aliphatic carbocycles. The van der Waals surface area contributed by atoms with E-state index < -0.39 is 0 Å². The Hall–Kier alpha value is -1.76. The molecule has 1 N–H and O–H groups in total. The van der Waals surface area contributed by atoms with E-state index in [9.17, 15) is 0 Å². The lowest BCUT2D eigenvalue weighted by atomic mass is 10.0. The van der Waals surface area contributed by atoms with Crippen molar-refractivity contribution in [3.8, 4) is 0 Å². The maximum atomic E-state index is 3.52. The maximum absolute atomic E-state index is 3.52. The van der Waals surface area contributed by atoms with E-state index in [1.807, 2.05) is 6.07 Å². The SMILES string of the molecule is Cc1cc(C)c(NCc2ccccc2)c(C)c1. The standard InChI is InChI=1S/C16H19N/c1-12-9-13(2)16(14(3)10-12)17-11-15-7-5-4-6-8-15/h4-10,17H,11H2,1-3H3. The summed E-state index contributed by atoms with van der Waals surface area (Å²) in [5.74, 6) is 0. The van der Waals surface area contributed by atoms with Crippen LogP contribution in [0.15, 0.2) is 42.5 Å². The Morgan fingerprint density at radius 2 is 1.47 bits per heavy atom. The molecule has 2 aromatic rings. The van der Waals surface area contributed by atoms with Crippen molar-refractivity contribution in [2.24, 2.45) is 0 Å². The molecule has 2 rings (SSSR count). The van der Waals surface area contributed by atoms with Crippen LogP contribution in [0, 0.1) is 20.8 Å². The maximum Gasteiger partial charge on any atom is 0.0402 e. The molecule has 0 fully saturated rings. The van der Waals surface area contributed by atoms with E-state index in [0.29, 0.717) is 0 Å². The minimum absolute atomic E-state index is 0.881. The van der Waals surface area contributed by atoms with E-state index in [-0.39, 0.29) is 0 Å². The molecule has 1 heteroatoms. The third kappa shape index (κ3) is 2.88. The summed E-state index contributed by atoms with van der Waals surface area (Å²) in [5, 5.41) is 3.52. The Balaban J connectivity index is 2.15. The van der Waals surface area contributed by atoms with Gasteiger partial charge in [0.1, 0.15) is 0 Å². The lowest BCUT2D eigenvalue weighted by Crippen LogP contribution is -2.03. The van der Waals surface area contributed by atoms with E-state index in [1.54, 1.807) is 0 Å². The van der Waals surface area contributed by atoms with Crippen LogP contribution in [-0.4, -0.2) is 0 Å². The Kier molecular flexibility index (Phi) is 3.48. The number of rotatable bonds is 3. The van der Waals surface area contributed by atoms with Gasteiger partial charge < -0.3 is 5.32 Å². The molecular formula is C16H19N. The molecule has 0 bridgehead atoms. The van der Waals surface area contributed by atoms with Gasteiger partial charge in [0.2, 0.25) is 0 Å². The molecule has 0 aliphatic heterocycles. The van der Waals surface area contributed by atoms with Crippen LogP contribution >= 0.6 is 0 Å². The first-order valence-corrected chi connectivity index (χ1v) is 6.02. The topological polar surface area (TPSA) is 12.0 Å². The molecule has 0 unspecified atom stereocenters. The van der Waals surface area contributed by atoms with Crippen molar-refractivity contribution in [1.29, 1.82) is 0 Å². The highest BCUT2D eigenvalue weighted by Gasteiger charge is 2.02. The van der Waals surface area contributed by atoms with Crippen LogP contribution in [0.2, 0.25) is 0 Å². The first-order chi connectivity index (χ1) is 8.16. The molecule has 0 heterocycles. The predicted octanol–water partition coefficient (Wildman–Crippen LogP) is 4.22. The highest BCUT2D eigenvalue weighted by atomic mass is 14.9. The summed E-state index contributed by atoms with van der Waals surface area (Å²) in [5.41, 5.74) is 6.54. The Bertz CT molecular complexity index is 477. The summed E-state index contributed by atoms with van der Waals surface area (Å²) in [6.45, 7) is 7.34. The van der Waals surface area contributed by atoms with Crippen LogP contribution in [0.4, 0.5) is 5.69 Å². The fourth-order valence-corrected chi connectivity index (χ4v) is 2.25. The highest BCUT2D eigenvalue weighted by molar-refractivity contribution is 5.58. The average Bonchev–Trinajstić information content (AvgIpc) is 2.29. The summed E-state index contributed by atoms with van der Waals surface area (Å²) < 4.78 is 0. The van der Waals surface area contributed by atoms with Crippen molar-refractivity contribution in [3.05, 3.63) is 64.7 Å². The normalized spacial score (nSPS) is 10.3. The van der Waals surface area contributed by atoms with Gasteiger partial charge in [-0.15, -0.1) is 0 Å². The van der Waals surface area contributed by atoms with Gasteiger partial charge in [-0.1, -0.05) is 48.0 Å². The van der Waals surface area contributed by atoms with Gasteiger partial charge in [-0.05, 0) is 37.5 Å². The summed E-state index contributed by atoms with van der Waals surface area (Å²) in [7, 11) is 0. The molecule has 1 nitrogen and oxygen atoms in total. The molecule has 2 aromatic carbocycles. The first kappa shape index (κ1) is 11.7. The van der Waals surface area contributed by atoms with E-state index in [4.69, 9.17) is 0 Å². The van der Waals surface area contributed by atoms with Crippen LogP contribution in [0.3, 0.4) is 0 Å². The van der Waals surface area contributed by atoms with Crippen molar-refractivity contribution in [2.75, 3.05) is 5.32 Å². The predicted molar refractivity (Wildman–Crippen MR) is 74.4 cm³/mol. The molecule has 0 saturated heterocycles. The fraction of sp³-hybridized carbons (Fsp3) is 0.250. The Morgan fingerprint density at radius 1 is 0.882 bits per heavy atom. The quantitative estimate of drug-likeness (QED) is 0.824. The van der Waals surface area contributed by atoms with Crippen molar-refractivity contribution in [3.63, 3.8) is 0 Å². The van der Waals surface area contributed by atoms with Crippen molar-refractivity contribution < 1.29 is 0 Å². The second-order valence-electron chi connectivity index (χ2n) is 4.61. The number of hydrogen-bond acceptors (Lipinski definition) is 1. The molecule has 0 amide bonds. The number of benzene rings is 2. The zero-order chi connectivity index (χ0) is 12.3. The molecule has 88 valence electrons. The molecule has 0 aliphatic rings. The van der Waals surface area contributed by atoms with Crippen molar-refractivity contribution in [2.45, 2.75) is 27.3 Å².